The number of carbonyl (C=O) groups is 2. The molecule has 1 aliphatic rings. The number of esters is 1. The first-order valence-corrected chi connectivity index (χ1v) is 18.1. The normalized spacial score (nSPS) is 25.8. The summed E-state index contributed by atoms with van der Waals surface area (Å²) in [6.45, 7) is 10.2. The number of Topliss-reactive ketones (excluding diaryl/α,β-unsaturated/α-hetero) is 1. The fraction of sp³-hybridized carbons (Fsp3) is 0.400. The van der Waals surface area contributed by atoms with Crippen LogP contribution in [0.4, 0.5) is 0 Å². The number of furan rings is 1. The van der Waals surface area contributed by atoms with Crippen LogP contribution in [0, 0.1) is 5.92 Å². The van der Waals surface area contributed by atoms with E-state index in [-0.39, 0.29) is 40.4 Å². The number of carbonyl (C=O) groups excluding carboxylic acids is 2. The molecular formula is C30H36O6SeSi. The van der Waals surface area contributed by atoms with Gasteiger partial charge in [0.15, 0.2) is 0 Å². The van der Waals surface area contributed by atoms with Crippen molar-refractivity contribution < 1.29 is 28.6 Å². The maximum absolute atomic E-state index is 14.4. The Morgan fingerprint density at radius 2 is 1.71 bits per heavy atom. The maximum atomic E-state index is 14.4. The Morgan fingerprint density at radius 3 is 2.32 bits per heavy atom. The molecule has 4 atom stereocenters. The van der Waals surface area contributed by atoms with Crippen LogP contribution in [0.15, 0.2) is 77.4 Å². The molecule has 2 aromatic carbocycles. The van der Waals surface area contributed by atoms with Crippen LogP contribution in [0.5, 0.6) is 0 Å². The van der Waals surface area contributed by atoms with Crippen molar-refractivity contribution >= 4 is 44.6 Å². The van der Waals surface area contributed by atoms with E-state index >= 15 is 0 Å². The monoisotopic (exact) mass is 600 g/mol. The molecule has 6 nitrogen and oxygen atoms in total. The SMILES string of the molecule is CCOC(=O)[C@@H]1C[C@@](C)([Se]c2ccccc2)C(=O)[C@H](OCc2ccccc2)[C@@]1(O)c1ccoc1[Si](C)(C)C. The molecule has 1 fully saturated rings. The van der Waals surface area contributed by atoms with Gasteiger partial charge in [0.25, 0.3) is 0 Å². The number of benzene rings is 2. The van der Waals surface area contributed by atoms with Gasteiger partial charge in [-0.3, -0.25) is 0 Å². The standard InChI is InChI=1S/C30H36O6SeSi/c1-6-34-27(32)24-19-29(2,37-22-15-11-8-12-16-22)25(31)26(36-20-21-13-9-7-10-14-21)30(24,33)23-17-18-35-28(23)38(3,4)5/h7-18,24,26,33H,6,19-20H2,1-5H3/t24-,26-,29+,30+/m0/s1. The minimum atomic E-state index is -2.12. The molecule has 8 heteroatoms. The van der Waals surface area contributed by atoms with Gasteiger partial charge in [0.1, 0.15) is 0 Å². The van der Waals surface area contributed by atoms with Gasteiger partial charge in [0, 0.05) is 0 Å². The van der Waals surface area contributed by atoms with Crippen molar-refractivity contribution in [1.29, 1.82) is 0 Å². The molecule has 202 valence electrons. The number of hydrogen-bond acceptors (Lipinski definition) is 6. The predicted octanol–water partition coefficient (Wildman–Crippen LogP) is 3.96. The molecule has 3 aromatic rings. The van der Waals surface area contributed by atoms with E-state index in [0.29, 0.717) is 10.9 Å². The van der Waals surface area contributed by atoms with Crippen LogP contribution in [0.25, 0.3) is 0 Å². The third-order valence-electron chi connectivity index (χ3n) is 6.98. The van der Waals surface area contributed by atoms with Crippen LogP contribution in [-0.2, 0) is 31.3 Å². The van der Waals surface area contributed by atoms with Crippen LogP contribution >= 0.6 is 0 Å². The Hall–Kier alpha value is -2.48. The van der Waals surface area contributed by atoms with Gasteiger partial charge in [-0.2, -0.15) is 0 Å². The number of ketones is 1. The quantitative estimate of drug-likeness (QED) is 0.296. The van der Waals surface area contributed by atoms with Gasteiger partial charge < -0.3 is 0 Å². The first-order valence-electron chi connectivity index (χ1n) is 12.9. The summed E-state index contributed by atoms with van der Waals surface area (Å²) in [6.07, 6.45) is 0.398. The molecule has 0 saturated heterocycles. The topological polar surface area (TPSA) is 86.0 Å². The van der Waals surface area contributed by atoms with Crippen LogP contribution in [0.2, 0.25) is 24.0 Å². The van der Waals surface area contributed by atoms with Crippen LogP contribution in [-0.4, -0.2) is 52.6 Å². The first-order chi connectivity index (χ1) is 18.0. The molecule has 1 aliphatic carbocycles. The zero-order valence-electron chi connectivity index (χ0n) is 22.6. The second-order valence-corrected chi connectivity index (χ2v) is 19.2. The van der Waals surface area contributed by atoms with Crippen LogP contribution < -0.4 is 9.85 Å². The van der Waals surface area contributed by atoms with Gasteiger partial charge in [-0.25, -0.2) is 0 Å². The van der Waals surface area contributed by atoms with E-state index in [1.165, 1.54) is 6.26 Å². The molecule has 1 N–H and O–H groups in total. The Labute approximate surface area is 231 Å². The fourth-order valence-corrected chi connectivity index (χ4v) is 9.32. The molecule has 0 amide bonds. The van der Waals surface area contributed by atoms with E-state index in [4.69, 9.17) is 13.9 Å². The number of rotatable bonds is 9. The molecule has 0 spiro atoms. The number of hydrogen-bond donors (Lipinski definition) is 1. The van der Waals surface area contributed by atoms with Crippen LogP contribution in [0.3, 0.4) is 0 Å². The van der Waals surface area contributed by atoms with Gasteiger partial charge >= 0.3 is 232 Å². The third-order valence-corrected chi connectivity index (χ3v) is 11.5. The van der Waals surface area contributed by atoms with Gasteiger partial charge in [-0.15, -0.1) is 0 Å². The van der Waals surface area contributed by atoms with E-state index in [9.17, 15) is 14.7 Å². The zero-order valence-corrected chi connectivity index (χ0v) is 25.3. The molecule has 0 unspecified atom stereocenters. The number of ether oxygens (including phenoxy) is 2. The van der Waals surface area contributed by atoms with Crippen molar-refractivity contribution in [2.45, 2.75) is 62.5 Å². The summed E-state index contributed by atoms with van der Waals surface area (Å²) in [5, 5.41) is 13.3. The van der Waals surface area contributed by atoms with E-state index in [2.05, 4.69) is 19.6 Å². The summed E-state index contributed by atoms with van der Waals surface area (Å²) in [6, 6.07) is 21.0. The molecule has 1 heterocycles. The van der Waals surface area contributed by atoms with Gasteiger partial charge in [-0.05, 0) is 0 Å². The molecule has 4 rings (SSSR count). The van der Waals surface area contributed by atoms with E-state index in [0.717, 1.165) is 10.0 Å². The van der Waals surface area contributed by atoms with Crippen molar-refractivity contribution in [3.63, 3.8) is 0 Å². The Balaban J connectivity index is 1.86. The van der Waals surface area contributed by atoms with E-state index in [1.807, 2.05) is 67.6 Å². The minimum absolute atomic E-state index is 0.115. The molecule has 1 saturated carbocycles. The summed E-state index contributed by atoms with van der Waals surface area (Å²) >= 11 is -0.316. The zero-order chi connectivity index (χ0) is 27.6. The van der Waals surface area contributed by atoms with Crippen molar-refractivity contribution in [3.8, 4) is 0 Å². The summed E-state index contributed by atoms with van der Waals surface area (Å²) in [4.78, 5) is 28.0. The summed E-state index contributed by atoms with van der Waals surface area (Å²) in [7, 11) is -2.12. The molecule has 0 aliphatic heterocycles. The molecule has 0 bridgehead atoms. The third kappa shape index (κ3) is 5.60. The summed E-state index contributed by atoms with van der Waals surface area (Å²) in [5.74, 6) is -1.75. The van der Waals surface area contributed by atoms with E-state index < -0.39 is 36.0 Å². The van der Waals surface area contributed by atoms with Gasteiger partial charge in [-0.1, -0.05) is 0 Å². The fourth-order valence-electron chi connectivity index (χ4n) is 5.14. The van der Waals surface area contributed by atoms with Gasteiger partial charge in [0.2, 0.25) is 0 Å². The first kappa shape index (κ1) is 28.5. The Morgan fingerprint density at radius 1 is 1.08 bits per heavy atom. The van der Waals surface area contributed by atoms with Crippen LogP contribution in [0.1, 0.15) is 31.4 Å². The average molecular weight is 600 g/mol. The second-order valence-electron chi connectivity index (χ2n) is 10.9. The molecule has 38 heavy (non-hydrogen) atoms. The number of aliphatic hydroxyl groups is 1. The van der Waals surface area contributed by atoms with Crippen molar-refractivity contribution in [1.82, 2.24) is 0 Å². The van der Waals surface area contributed by atoms with Crippen molar-refractivity contribution in [2.75, 3.05) is 6.61 Å². The second kappa shape index (κ2) is 11.3. The van der Waals surface area contributed by atoms with Crippen molar-refractivity contribution in [2.24, 2.45) is 5.92 Å². The Bertz CT molecular complexity index is 1250. The summed E-state index contributed by atoms with van der Waals surface area (Å²) in [5.41, 5.74) is -0.614. The predicted molar refractivity (Wildman–Crippen MR) is 151 cm³/mol. The van der Waals surface area contributed by atoms with Crippen molar-refractivity contribution in [3.05, 3.63) is 84.1 Å². The molecular weight excluding hydrogens is 563 g/mol. The average Bonchev–Trinajstić information content (AvgIpc) is 3.40. The van der Waals surface area contributed by atoms with E-state index in [1.54, 1.807) is 13.0 Å². The molecule has 0 radical (unpaired) electrons. The summed E-state index contributed by atoms with van der Waals surface area (Å²) < 4.78 is 17.9. The Kier molecular flexibility index (Phi) is 8.50. The molecule has 1 aromatic heterocycles. The van der Waals surface area contributed by atoms with Gasteiger partial charge in [0.05, 0.1) is 0 Å².